The second-order valence-corrected chi connectivity index (χ2v) is 4.04. The number of hydrogen-bond donors (Lipinski definition) is 0. The van der Waals surface area contributed by atoms with Crippen molar-refractivity contribution in [3.63, 3.8) is 0 Å². The van der Waals surface area contributed by atoms with E-state index in [0.717, 1.165) is 19.4 Å². The fourth-order valence-corrected chi connectivity index (χ4v) is 2.45. The van der Waals surface area contributed by atoms with Crippen molar-refractivity contribution in [1.29, 1.82) is 0 Å². The number of nitrogens with zero attached hydrogens (tertiary/aromatic N) is 1. The van der Waals surface area contributed by atoms with Crippen LogP contribution in [0.5, 0.6) is 0 Å². The summed E-state index contributed by atoms with van der Waals surface area (Å²) < 4.78 is 4.63. The van der Waals surface area contributed by atoms with Crippen LogP contribution in [0, 0.1) is 5.92 Å². The molecule has 2 saturated heterocycles. The summed E-state index contributed by atoms with van der Waals surface area (Å²) in [6, 6.07) is 0.428. The molecule has 4 heteroatoms. The number of hydrogen-bond acceptors (Lipinski definition) is 4. The minimum Gasteiger partial charge on any atom is -0.468 e. The van der Waals surface area contributed by atoms with Crippen molar-refractivity contribution < 1.29 is 14.3 Å². The Hall–Kier alpha value is -0.900. The summed E-state index contributed by atoms with van der Waals surface area (Å²) in [5, 5.41) is 0. The highest BCUT2D eigenvalue weighted by Gasteiger charge is 2.40. The lowest BCUT2D eigenvalue weighted by Crippen LogP contribution is -2.46. The van der Waals surface area contributed by atoms with Gasteiger partial charge in [0.2, 0.25) is 0 Å². The fraction of sp³-hybridized carbons (Fsp3) is 0.800. The third kappa shape index (κ3) is 1.54. The highest BCUT2D eigenvalue weighted by Crippen LogP contribution is 2.28. The van der Waals surface area contributed by atoms with Crippen LogP contribution < -0.4 is 0 Å². The molecule has 2 heterocycles. The number of piperidine rings is 1. The average Bonchev–Trinajstić information content (AvgIpc) is 2.62. The van der Waals surface area contributed by atoms with Crippen molar-refractivity contribution in [3.8, 4) is 0 Å². The van der Waals surface area contributed by atoms with Crippen molar-refractivity contribution in [2.75, 3.05) is 20.2 Å². The average molecular weight is 197 g/mol. The van der Waals surface area contributed by atoms with Crippen molar-refractivity contribution in [2.24, 2.45) is 5.92 Å². The first kappa shape index (κ1) is 9.65. The molecule has 0 aliphatic carbocycles. The van der Waals surface area contributed by atoms with E-state index >= 15 is 0 Å². The lowest BCUT2D eigenvalue weighted by atomic mass is 9.90. The molecule has 4 nitrogen and oxygen atoms in total. The van der Waals surface area contributed by atoms with E-state index in [0.29, 0.717) is 19.0 Å². The Labute approximate surface area is 83.2 Å². The smallest absolute Gasteiger partial charge is 0.316 e. The van der Waals surface area contributed by atoms with Crippen LogP contribution in [0.1, 0.15) is 19.3 Å². The highest BCUT2D eigenvalue weighted by atomic mass is 16.5. The Kier molecular flexibility index (Phi) is 2.54. The summed E-state index contributed by atoms with van der Waals surface area (Å²) in [7, 11) is 1.34. The van der Waals surface area contributed by atoms with Crippen LogP contribution in [0.4, 0.5) is 0 Å². The molecule has 0 bridgehead atoms. The number of esters is 1. The van der Waals surface area contributed by atoms with Gasteiger partial charge in [-0.25, -0.2) is 0 Å². The monoisotopic (exact) mass is 197 g/mol. The summed E-state index contributed by atoms with van der Waals surface area (Å²) in [5.74, 6) is -0.837. The molecule has 0 aromatic heterocycles. The summed E-state index contributed by atoms with van der Waals surface area (Å²) in [6.07, 6.45) is 2.91. The first-order valence-electron chi connectivity index (χ1n) is 5.07. The van der Waals surface area contributed by atoms with Gasteiger partial charge < -0.3 is 4.74 Å². The van der Waals surface area contributed by atoms with E-state index in [4.69, 9.17) is 0 Å². The molecule has 2 atom stereocenters. The van der Waals surface area contributed by atoms with Crippen molar-refractivity contribution in [3.05, 3.63) is 0 Å². The molecule has 0 N–H and O–H groups in total. The first-order chi connectivity index (χ1) is 6.72. The third-order valence-corrected chi connectivity index (χ3v) is 3.24. The van der Waals surface area contributed by atoms with Gasteiger partial charge in [0.25, 0.3) is 0 Å². The van der Waals surface area contributed by atoms with E-state index < -0.39 is 5.92 Å². The summed E-state index contributed by atoms with van der Waals surface area (Å²) >= 11 is 0. The quantitative estimate of drug-likeness (QED) is 0.445. The van der Waals surface area contributed by atoms with Gasteiger partial charge in [-0.2, -0.15) is 0 Å². The Morgan fingerprint density at radius 1 is 1.57 bits per heavy atom. The van der Waals surface area contributed by atoms with Gasteiger partial charge in [0.05, 0.1) is 13.7 Å². The number of Topliss-reactive ketones (excluding diaryl/α,β-unsaturated/α-hetero) is 1. The molecule has 78 valence electrons. The van der Waals surface area contributed by atoms with Crippen LogP contribution in [0.15, 0.2) is 0 Å². The Morgan fingerprint density at radius 3 is 3.07 bits per heavy atom. The summed E-state index contributed by atoms with van der Waals surface area (Å²) in [5.41, 5.74) is 0. The predicted octanol–water partition coefficient (Wildman–Crippen LogP) is 0.213. The van der Waals surface area contributed by atoms with E-state index in [2.05, 4.69) is 9.64 Å². The number of fused-ring (bicyclic) bond motifs is 1. The van der Waals surface area contributed by atoms with E-state index in [9.17, 15) is 9.59 Å². The van der Waals surface area contributed by atoms with Crippen LogP contribution in [-0.2, 0) is 14.3 Å². The van der Waals surface area contributed by atoms with Crippen LogP contribution >= 0.6 is 0 Å². The maximum Gasteiger partial charge on any atom is 0.316 e. The molecule has 0 aromatic rings. The molecule has 0 spiro atoms. The zero-order chi connectivity index (χ0) is 10.1. The van der Waals surface area contributed by atoms with Gasteiger partial charge >= 0.3 is 5.97 Å². The minimum atomic E-state index is -0.501. The topological polar surface area (TPSA) is 46.6 Å². The van der Waals surface area contributed by atoms with Gasteiger partial charge in [-0.05, 0) is 25.8 Å². The van der Waals surface area contributed by atoms with Crippen LogP contribution in [-0.4, -0.2) is 42.9 Å². The third-order valence-electron chi connectivity index (χ3n) is 3.24. The van der Waals surface area contributed by atoms with Crippen LogP contribution in [0.2, 0.25) is 0 Å². The molecule has 2 rings (SSSR count). The Bertz CT molecular complexity index is 264. The van der Waals surface area contributed by atoms with Crippen molar-refractivity contribution >= 4 is 11.8 Å². The highest BCUT2D eigenvalue weighted by molar-refractivity contribution is 6.00. The molecule has 2 unspecified atom stereocenters. The Morgan fingerprint density at radius 2 is 2.36 bits per heavy atom. The lowest BCUT2D eigenvalue weighted by Gasteiger charge is -2.32. The molecular formula is C10H15NO3. The molecule has 2 aliphatic rings. The second kappa shape index (κ2) is 3.69. The maximum absolute atomic E-state index is 11.6. The first-order valence-corrected chi connectivity index (χ1v) is 5.07. The standard InChI is InChI=1S/C10H15NO3/c1-14-10(13)8-5-7-3-2-4-11(7)6-9(8)12/h7-8H,2-6H2,1H3. The number of ether oxygens (including phenoxy) is 1. The molecule has 2 fully saturated rings. The van der Waals surface area contributed by atoms with Gasteiger partial charge in [0.15, 0.2) is 5.78 Å². The lowest BCUT2D eigenvalue weighted by molar-refractivity contribution is -0.152. The number of ketones is 1. The molecule has 0 saturated carbocycles. The summed E-state index contributed by atoms with van der Waals surface area (Å²) in [6.45, 7) is 1.44. The fourth-order valence-electron chi connectivity index (χ4n) is 2.45. The van der Waals surface area contributed by atoms with Gasteiger partial charge in [0, 0.05) is 6.04 Å². The molecule has 0 amide bonds. The van der Waals surface area contributed by atoms with E-state index in [1.54, 1.807) is 0 Å². The number of carbonyl (C=O) groups excluding carboxylic acids is 2. The van der Waals surface area contributed by atoms with Gasteiger partial charge in [0.1, 0.15) is 5.92 Å². The van der Waals surface area contributed by atoms with E-state index in [-0.39, 0.29) is 11.8 Å². The molecule has 14 heavy (non-hydrogen) atoms. The van der Waals surface area contributed by atoms with Crippen LogP contribution in [0.25, 0.3) is 0 Å². The van der Waals surface area contributed by atoms with E-state index in [1.807, 2.05) is 0 Å². The molecular weight excluding hydrogens is 182 g/mol. The molecule has 0 aromatic carbocycles. The SMILES string of the molecule is COC(=O)C1CC2CCCN2CC1=O. The van der Waals surface area contributed by atoms with Gasteiger partial charge in [-0.3, -0.25) is 14.5 Å². The van der Waals surface area contributed by atoms with E-state index in [1.165, 1.54) is 7.11 Å². The van der Waals surface area contributed by atoms with Crippen molar-refractivity contribution in [2.45, 2.75) is 25.3 Å². The van der Waals surface area contributed by atoms with Crippen LogP contribution in [0.3, 0.4) is 0 Å². The Balaban J connectivity index is 2.06. The number of rotatable bonds is 1. The molecule has 2 aliphatic heterocycles. The largest absolute Gasteiger partial charge is 0.468 e. The zero-order valence-corrected chi connectivity index (χ0v) is 8.36. The predicted molar refractivity (Wildman–Crippen MR) is 49.7 cm³/mol. The maximum atomic E-state index is 11.6. The van der Waals surface area contributed by atoms with Crippen molar-refractivity contribution in [1.82, 2.24) is 4.90 Å². The second-order valence-electron chi connectivity index (χ2n) is 4.04. The normalized spacial score (nSPS) is 32.8. The zero-order valence-electron chi connectivity index (χ0n) is 8.36. The number of methoxy groups -OCH3 is 1. The van der Waals surface area contributed by atoms with Gasteiger partial charge in [-0.1, -0.05) is 0 Å². The minimum absolute atomic E-state index is 0.0231. The summed E-state index contributed by atoms with van der Waals surface area (Å²) in [4.78, 5) is 25.1. The number of carbonyl (C=O) groups is 2. The molecule has 0 radical (unpaired) electrons. The van der Waals surface area contributed by atoms with Gasteiger partial charge in [-0.15, -0.1) is 0 Å².